The smallest absolute Gasteiger partial charge is 0.131 e. The summed E-state index contributed by atoms with van der Waals surface area (Å²) in [5.74, 6) is 2.18. The average molecular weight is 254 g/mol. The summed E-state index contributed by atoms with van der Waals surface area (Å²) < 4.78 is 0. The highest BCUT2D eigenvalue weighted by Gasteiger charge is 2.28. The molecule has 0 radical (unpaired) electrons. The van der Waals surface area contributed by atoms with Gasteiger partial charge in [-0.1, -0.05) is 13.8 Å². The predicted octanol–water partition coefficient (Wildman–Crippen LogP) is 3.05. The number of nitrogens with zero attached hydrogens (tertiary/aromatic N) is 3. The molecule has 94 valence electrons. The van der Waals surface area contributed by atoms with Crippen LogP contribution in [0.25, 0.3) is 0 Å². The lowest BCUT2D eigenvalue weighted by Crippen LogP contribution is -2.35. The van der Waals surface area contributed by atoms with Crippen molar-refractivity contribution in [3.8, 4) is 0 Å². The molecule has 1 aromatic heterocycles. The first-order chi connectivity index (χ1) is 8.06. The maximum atomic E-state index is 6.00. The first kappa shape index (κ1) is 12.6. The lowest BCUT2D eigenvalue weighted by atomic mass is 9.84. The van der Waals surface area contributed by atoms with Crippen molar-refractivity contribution in [3.63, 3.8) is 0 Å². The Morgan fingerprint density at radius 2 is 2.12 bits per heavy atom. The zero-order valence-corrected chi connectivity index (χ0v) is 11.5. The van der Waals surface area contributed by atoms with Crippen molar-refractivity contribution in [1.82, 2.24) is 9.97 Å². The molecule has 0 spiro atoms. The normalized spacial score (nSPS) is 23.6. The molecule has 1 aromatic rings. The zero-order chi connectivity index (χ0) is 12.4. The first-order valence-corrected chi connectivity index (χ1v) is 6.67. The third-order valence-electron chi connectivity index (χ3n) is 3.37. The van der Waals surface area contributed by atoms with Gasteiger partial charge in [-0.2, -0.15) is 0 Å². The Hall–Kier alpha value is -0.830. The van der Waals surface area contributed by atoms with Gasteiger partial charge in [0.2, 0.25) is 0 Å². The highest BCUT2D eigenvalue weighted by atomic mass is 35.5. The maximum Gasteiger partial charge on any atom is 0.131 e. The second kappa shape index (κ2) is 5.21. The fourth-order valence-electron chi connectivity index (χ4n) is 2.17. The summed E-state index contributed by atoms with van der Waals surface area (Å²) in [4.78, 5) is 10.8. The number of aromatic nitrogens is 2. The third-order valence-corrected chi connectivity index (χ3v) is 3.72. The maximum absolute atomic E-state index is 6.00. The lowest BCUT2D eigenvalue weighted by molar-refractivity contribution is 0.328. The minimum atomic E-state index is 0.394. The molecule has 2 rings (SSSR count). The summed E-state index contributed by atoms with van der Waals surface area (Å²) in [6.07, 6.45) is 3.92. The molecule has 17 heavy (non-hydrogen) atoms. The minimum Gasteiger partial charge on any atom is -0.359 e. The van der Waals surface area contributed by atoms with Gasteiger partial charge in [0.05, 0.1) is 0 Å². The van der Waals surface area contributed by atoms with Crippen molar-refractivity contribution in [3.05, 3.63) is 18.1 Å². The number of alkyl halides is 1. The van der Waals surface area contributed by atoms with Crippen LogP contribution in [-0.4, -0.2) is 28.9 Å². The number of hydrogen-bond donors (Lipinski definition) is 0. The molecule has 0 bridgehead atoms. The van der Waals surface area contributed by atoms with Crippen molar-refractivity contribution in [2.45, 2.75) is 38.0 Å². The predicted molar refractivity (Wildman–Crippen MR) is 71.8 cm³/mol. The second-order valence-corrected chi connectivity index (χ2v) is 5.89. The molecule has 0 atom stereocenters. The van der Waals surface area contributed by atoms with Gasteiger partial charge in [-0.25, -0.2) is 9.97 Å². The van der Waals surface area contributed by atoms with Crippen molar-refractivity contribution >= 4 is 17.4 Å². The summed E-state index contributed by atoms with van der Waals surface area (Å²) in [6, 6.07) is 2.08. The molecule has 1 saturated carbocycles. The molecule has 1 aliphatic carbocycles. The van der Waals surface area contributed by atoms with Gasteiger partial charge in [0.1, 0.15) is 12.1 Å². The van der Waals surface area contributed by atoms with E-state index in [4.69, 9.17) is 11.6 Å². The molecular weight excluding hydrogens is 234 g/mol. The van der Waals surface area contributed by atoms with Gasteiger partial charge < -0.3 is 4.90 Å². The monoisotopic (exact) mass is 253 g/mol. The van der Waals surface area contributed by atoms with Crippen LogP contribution >= 0.6 is 11.6 Å². The fourth-order valence-corrected chi connectivity index (χ4v) is 2.67. The highest BCUT2D eigenvalue weighted by molar-refractivity contribution is 6.21. The van der Waals surface area contributed by atoms with Crippen LogP contribution in [0, 0.1) is 5.92 Å². The summed E-state index contributed by atoms with van der Waals surface area (Å²) in [5.41, 5.74) is 1.10. The van der Waals surface area contributed by atoms with Crippen molar-refractivity contribution in [2.75, 3.05) is 18.5 Å². The Morgan fingerprint density at radius 3 is 2.71 bits per heavy atom. The molecule has 0 unspecified atom stereocenters. The molecule has 0 saturated heterocycles. The first-order valence-electron chi connectivity index (χ1n) is 6.23. The lowest BCUT2D eigenvalue weighted by Gasteiger charge is -2.34. The van der Waals surface area contributed by atoms with Crippen LogP contribution in [0.4, 0.5) is 5.82 Å². The Morgan fingerprint density at radius 1 is 1.41 bits per heavy atom. The molecule has 1 heterocycles. The zero-order valence-electron chi connectivity index (χ0n) is 10.7. The Bertz CT molecular complexity index is 375. The molecule has 1 fully saturated rings. The fraction of sp³-hybridized carbons (Fsp3) is 0.692. The summed E-state index contributed by atoms with van der Waals surface area (Å²) in [6.45, 7) is 5.34. The van der Waals surface area contributed by atoms with E-state index in [0.717, 1.165) is 36.8 Å². The van der Waals surface area contributed by atoms with Crippen molar-refractivity contribution in [1.29, 1.82) is 0 Å². The van der Waals surface area contributed by atoms with Crippen LogP contribution in [0.5, 0.6) is 0 Å². The van der Waals surface area contributed by atoms with Gasteiger partial charge in [0.25, 0.3) is 0 Å². The topological polar surface area (TPSA) is 29.0 Å². The van der Waals surface area contributed by atoms with Gasteiger partial charge >= 0.3 is 0 Å². The quantitative estimate of drug-likeness (QED) is 0.773. The van der Waals surface area contributed by atoms with E-state index in [1.807, 2.05) is 0 Å². The van der Waals surface area contributed by atoms with Gasteiger partial charge in [-0.15, -0.1) is 11.6 Å². The number of rotatable bonds is 4. The summed E-state index contributed by atoms with van der Waals surface area (Å²) in [7, 11) is 2.09. The van der Waals surface area contributed by atoms with Crippen LogP contribution < -0.4 is 4.90 Å². The van der Waals surface area contributed by atoms with E-state index in [1.54, 1.807) is 6.33 Å². The largest absolute Gasteiger partial charge is 0.359 e. The summed E-state index contributed by atoms with van der Waals surface area (Å²) >= 11 is 6.00. The van der Waals surface area contributed by atoms with Crippen molar-refractivity contribution < 1.29 is 0 Å². The third kappa shape index (κ3) is 3.09. The molecule has 0 aliphatic heterocycles. The molecule has 0 amide bonds. The molecule has 0 N–H and O–H groups in total. The van der Waals surface area contributed by atoms with Gasteiger partial charge in [-0.05, 0) is 24.7 Å². The van der Waals surface area contributed by atoms with Crippen LogP contribution in [0.1, 0.15) is 38.3 Å². The number of anilines is 1. The number of hydrogen-bond acceptors (Lipinski definition) is 3. The van der Waals surface area contributed by atoms with E-state index in [9.17, 15) is 0 Å². The van der Waals surface area contributed by atoms with E-state index >= 15 is 0 Å². The summed E-state index contributed by atoms with van der Waals surface area (Å²) in [5, 5.41) is 0.394. The van der Waals surface area contributed by atoms with Gasteiger partial charge in [0.15, 0.2) is 0 Å². The second-order valence-electron chi connectivity index (χ2n) is 5.27. The molecule has 4 heteroatoms. The van der Waals surface area contributed by atoms with Crippen LogP contribution in [-0.2, 0) is 0 Å². The standard InChI is InChI=1S/C13H20ClN3/c1-9(2)12-6-13(16-8-15-12)17(3)7-10-4-11(14)5-10/h6,8-11H,4-5,7H2,1-3H3. The number of halogens is 1. The SMILES string of the molecule is CC(C)c1cc(N(C)CC2CC(Cl)C2)ncn1. The minimum absolute atomic E-state index is 0.394. The van der Waals surface area contributed by atoms with E-state index < -0.39 is 0 Å². The van der Waals surface area contributed by atoms with Gasteiger partial charge in [-0.3, -0.25) is 0 Å². The van der Waals surface area contributed by atoms with E-state index in [1.165, 1.54) is 0 Å². The van der Waals surface area contributed by atoms with Crippen LogP contribution in [0.15, 0.2) is 12.4 Å². The van der Waals surface area contributed by atoms with Crippen LogP contribution in [0.3, 0.4) is 0 Å². The van der Waals surface area contributed by atoms with Crippen molar-refractivity contribution in [2.24, 2.45) is 5.92 Å². The van der Waals surface area contributed by atoms with Gasteiger partial charge in [0, 0.05) is 30.7 Å². The Kier molecular flexibility index (Phi) is 3.87. The molecule has 0 aromatic carbocycles. The Labute approximate surface area is 108 Å². The van der Waals surface area contributed by atoms with Crippen LogP contribution in [0.2, 0.25) is 0 Å². The highest BCUT2D eigenvalue weighted by Crippen LogP contribution is 2.32. The molecular formula is C13H20ClN3. The van der Waals surface area contributed by atoms with E-state index in [-0.39, 0.29) is 0 Å². The average Bonchev–Trinajstić information content (AvgIpc) is 2.27. The van der Waals surface area contributed by atoms with E-state index in [2.05, 4.69) is 41.8 Å². The molecule has 3 nitrogen and oxygen atoms in total. The molecule has 1 aliphatic rings. The van der Waals surface area contributed by atoms with E-state index in [0.29, 0.717) is 11.3 Å². The Balaban J connectivity index is 1.98.